The lowest BCUT2D eigenvalue weighted by atomic mass is 10.2. The summed E-state index contributed by atoms with van der Waals surface area (Å²) in [4.78, 5) is 17.8. The van der Waals surface area contributed by atoms with E-state index in [9.17, 15) is 9.90 Å². The fourth-order valence-corrected chi connectivity index (χ4v) is 2.37. The van der Waals surface area contributed by atoms with E-state index in [4.69, 9.17) is 21.2 Å². The molecule has 0 spiro atoms. The van der Waals surface area contributed by atoms with Gasteiger partial charge in [-0.15, -0.1) is 11.6 Å². The quantitative estimate of drug-likeness (QED) is 0.510. The number of ether oxygens (including phenoxy) is 1. The van der Waals surface area contributed by atoms with Crippen LogP contribution >= 0.6 is 11.6 Å². The zero-order valence-corrected chi connectivity index (χ0v) is 15.5. The van der Waals surface area contributed by atoms with Gasteiger partial charge < -0.3 is 9.84 Å². The minimum atomic E-state index is -0.881. The summed E-state index contributed by atoms with van der Waals surface area (Å²) in [5, 5.41) is 10.5. The third-order valence-corrected chi connectivity index (χ3v) is 3.80. The third-order valence-electron chi connectivity index (χ3n) is 3.61. The first kappa shape index (κ1) is 20.4. The molecule has 1 amide bonds. The maximum Gasteiger partial charge on any atom is 0.263 e. The molecule has 2 aromatic rings. The number of aliphatic hydroxyl groups excluding tert-OH is 1. The zero-order valence-electron chi connectivity index (χ0n) is 14.8. The van der Waals surface area contributed by atoms with Crippen LogP contribution in [0.4, 0.5) is 0 Å². The van der Waals surface area contributed by atoms with Crippen molar-refractivity contribution in [3.05, 3.63) is 71.8 Å². The molecule has 6 heteroatoms. The molecule has 2 aromatic carbocycles. The molecule has 0 aliphatic rings. The number of hydrogen-bond acceptors (Lipinski definition) is 4. The highest BCUT2D eigenvalue weighted by Crippen LogP contribution is 2.09. The molecule has 0 aliphatic carbocycles. The van der Waals surface area contributed by atoms with Gasteiger partial charge in [0, 0.05) is 0 Å². The second-order valence-corrected chi connectivity index (χ2v) is 6.58. The first-order chi connectivity index (χ1) is 12.6. The lowest BCUT2D eigenvalue weighted by molar-refractivity contribution is -0.199. The van der Waals surface area contributed by atoms with Crippen molar-refractivity contribution in [3.63, 3.8) is 0 Å². The first-order valence-corrected chi connectivity index (χ1v) is 8.92. The van der Waals surface area contributed by atoms with Gasteiger partial charge in [-0.3, -0.25) is 9.63 Å². The Morgan fingerprint density at radius 1 is 1.04 bits per heavy atom. The molecule has 0 heterocycles. The highest BCUT2D eigenvalue weighted by molar-refractivity contribution is 6.30. The van der Waals surface area contributed by atoms with Crippen LogP contribution in [-0.4, -0.2) is 40.7 Å². The van der Waals surface area contributed by atoms with Crippen LogP contribution in [0, 0.1) is 0 Å². The van der Waals surface area contributed by atoms with Gasteiger partial charge in [-0.25, -0.2) is 5.06 Å². The van der Waals surface area contributed by atoms with Gasteiger partial charge in [-0.2, -0.15) is 0 Å². The average Bonchev–Trinajstić information content (AvgIpc) is 2.66. The van der Waals surface area contributed by atoms with Crippen LogP contribution in [0.15, 0.2) is 60.7 Å². The molecular formula is C20H24ClNO4. The summed E-state index contributed by atoms with van der Waals surface area (Å²) in [7, 11) is 0. The summed E-state index contributed by atoms with van der Waals surface area (Å²) in [6, 6.07) is 19.1. The minimum Gasteiger partial charge on any atom is -0.389 e. The Hall–Kier alpha value is -1.92. The number of alkyl halides is 1. The van der Waals surface area contributed by atoms with Gasteiger partial charge in [0.05, 0.1) is 25.9 Å². The minimum absolute atomic E-state index is 0.0164. The molecular weight excluding hydrogens is 354 g/mol. The molecule has 26 heavy (non-hydrogen) atoms. The number of amides is 1. The lowest BCUT2D eigenvalue weighted by Gasteiger charge is -2.25. The van der Waals surface area contributed by atoms with Crippen LogP contribution in [0.1, 0.15) is 18.1 Å². The van der Waals surface area contributed by atoms with Gasteiger partial charge in [-0.1, -0.05) is 60.7 Å². The van der Waals surface area contributed by atoms with E-state index in [-0.39, 0.29) is 19.8 Å². The molecule has 0 fully saturated rings. The van der Waals surface area contributed by atoms with Crippen LogP contribution in [0.5, 0.6) is 0 Å². The first-order valence-electron chi connectivity index (χ1n) is 8.48. The molecule has 5 nitrogen and oxygen atoms in total. The average molecular weight is 378 g/mol. The summed E-state index contributed by atoms with van der Waals surface area (Å²) < 4.78 is 5.51. The topological polar surface area (TPSA) is 59.0 Å². The van der Waals surface area contributed by atoms with E-state index in [0.717, 1.165) is 16.2 Å². The fourth-order valence-electron chi connectivity index (χ4n) is 2.26. The molecule has 0 aromatic heterocycles. The van der Waals surface area contributed by atoms with Gasteiger partial charge >= 0.3 is 0 Å². The summed E-state index contributed by atoms with van der Waals surface area (Å²) in [6.45, 7) is 2.25. The number of hydrogen-bond donors (Lipinski definition) is 1. The largest absolute Gasteiger partial charge is 0.389 e. The normalized spacial score (nSPS) is 13.2. The Kier molecular flexibility index (Phi) is 8.58. The van der Waals surface area contributed by atoms with E-state index < -0.39 is 17.4 Å². The number of halogens is 1. The van der Waals surface area contributed by atoms with Crippen molar-refractivity contribution >= 4 is 17.5 Å². The van der Waals surface area contributed by atoms with Crippen molar-refractivity contribution in [1.29, 1.82) is 0 Å². The number of nitrogens with zero attached hydrogens (tertiary/aromatic N) is 1. The van der Waals surface area contributed by atoms with Crippen molar-refractivity contribution < 1.29 is 19.5 Å². The van der Waals surface area contributed by atoms with E-state index in [0.29, 0.717) is 6.61 Å². The molecule has 2 rings (SSSR count). The molecule has 0 bridgehead atoms. The van der Waals surface area contributed by atoms with Crippen molar-refractivity contribution in [2.45, 2.75) is 31.6 Å². The van der Waals surface area contributed by atoms with Crippen molar-refractivity contribution in [3.8, 4) is 0 Å². The maximum atomic E-state index is 12.2. The predicted molar refractivity (Wildman–Crippen MR) is 100 cm³/mol. The second kappa shape index (κ2) is 10.9. The van der Waals surface area contributed by atoms with Crippen LogP contribution in [0.2, 0.25) is 0 Å². The van der Waals surface area contributed by atoms with E-state index in [2.05, 4.69) is 0 Å². The highest BCUT2D eigenvalue weighted by atomic mass is 35.5. The molecule has 0 saturated heterocycles. The van der Waals surface area contributed by atoms with E-state index in [1.807, 2.05) is 60.7 Å². The van der Waals surface area contributed by atoms with Crippen LogP contribution < -0.4 is 0 Å². The summed E-state index contributed by atoms with van der Waals surface area (Å²) >= 11 is 5.89. The van der Waals surface area contributed by atoms with Crippen LogP contribution in [-0.2, 0) is 27.6 Å². The Labute approximate surface area is 159 Å². The number of rotatable bonds is 10. The molecule has 0 aliphatic heterocycles. The lowest BCUT2D eigenvalue weighted by Crippen LogP contribution is -2.42. The fraction of sp³-hybridized carbons (Fsp3) is 0.350. The van der Waals surface area contributed by atoms with Gasteiger partial charge in [0.15, 0.2) is 0 Å². The maximum absolute atomic E-state index is 12.2. The summed E-state index contributed by atoms with van der Waals surface area (Å²) in [6.07, 6.45) is -0.881. The number of carbonyl (C=O) groups is 1. The summed E-state index contributed by atoms with van der Waals surface area (Å²) in [5.41, 5.74) is 1.93. The highest BCUT2D eigenvalue weighted by Gasteiger charge is 2.22. The Morgan fingerprint density at radius 3 is 2.12 bits per heavy atom. The van der Waals surface area contributed by atoms with Crippen molar-refractivity contribution in [1.82, 2.24) is 5.06 Å². The zero-order chi connectivity index (χ0) is 18.8. The van der Waals surface area contributed by atoms with Crippen LogP contribution in [0.25, 0.3) is 0 Å². The standard InChI is InChI=1S/C20H24ClNO4/c1-16(21)20(24)22(26-14-18-10-6-3-7-11-18)12-19(23)15-25-13-17-8-4-2-5-9-17/h2-11,16,19,23H,12-15H2,1H3/t16-,19+/m1/s1. The molecule has 0 unspecified atom stereocenters. The second-order valence-electron chi connectivity index (χ2n) is 5.93. The number of aliphatic hydroxyl groups is 1. The number of carbonyl (C=O) groups excluding carboxylic acids is 1. The van der Waals surface area contributed by atoms with Gasteiger partial charge in [0.1, 0.15) is 12.0 Å². The smallest absolute Gasteiger partial charge is 0.263 e. The van der Waals surface area contributed by atoms with Gasteiger partial charge in [0.2, 0.25) is 0 Å². The van der Waals surface area contributed by atoms with Crippen molar-refractivity contribution in [2.24, 2.45) is 0 Å². The SMILES string of the molecule is C[C@@H](Cl)C(=O)N(C[C@H](O)COCc1ccccc1)OCc1ccccc1. The molecule has 0 radical (unpaired) electrons. The monoisotopic (exact) mass is 377 g/mol. The van der Waals surface area contributed by atoms with E-state index >= 15 is 0 Å². The number of benzene rings is 2. The van der Waals surface area contributed by atoms with Gasteiger partial charge in [0.25, 0.3) is 5.91 Å². The van der Waals surface area contributed by atoms with Crippen LogP contribution in [0.3, 0.4) is 0 Å². The summed E-state index contributed by atoms with van der Waals surface area (Å²) in [5.74, 6) is -0.398. The predicted octanol–water partition coefficient (Wildman–Crippen LogP) is 3.15. The number of hydroxylamine groups is 2. The Balaban J connectivity index is 1.83. The van der Waals surface area contributed by atoms with E-state index in [1.54, 1.807) is 6.92 Å². The van der Waals surface area contributed by atoms with Crippen molar-refractivity contribution in [2.75, 3.05) is 13.2 Å². The molecule has 2 atom stereocenters. The Morgan fingerprint density at radius 2 is 1.58 bits per heavy atom. The Bertz CT molecular complexity index is 651. The molecule has 0 saturated carbocycles. The van der Waals surface area contributed by atoms with Gasteiger partial charge in [-0.05, 0) is 18.1 Å². The third kappa shape index (κ3) is 7.14. The van der Waals surface area contributed by atoms with E-state index in [1.165, 1.54) is 0 Å². The molecule has 1 N–H and O–H groups in total. The molecule has 140 valence electrons.